The number of amides is 1. The van der Waals surface area contributed by atoms with Crippen LogP contribution in [0.2, 0.25) is 0 Å². The molecule has 5 aliphatic rings. The van der Waals surface area contributed by atoms with Crippen molar-refractivity contribution in [3.63, 3.8) is 0 Å². The number of esters is 1. The molecular weight excluding hydrogens is 645 g/mol. The van der Waals surface area contributed by atoms with Crippen LogP contribution in [0.3, 0.4) is 0 Å². The number of ether oxygens (including phenoxy) is 2. The van der Waals surface area contributed by atoms with Crippen molar-refractivity contribution in [2.24, 2.45) is 35.5 Å². The van der Waals surface area contributed by atoms with Gasteiger partial charge in [0, 0.05) is 18.5 Å². The molecule has 4 fully saturated rings. The molecule has 0 aliphatic heterocycles. The van der Waals surface area contributed by atoms with E-state index in [-0.39, 0.29) is 43.3 Å². The second kappa shape index (κ2) is 15.1. The highest BCUT2D eigenvalue weighted by Crippen LogP contribution is 2.62. The van der Waals surface area contributed by atoms with E-state index in [4.69, 9.17) is 14.0 Å². The van der Waals surface area contributed by atoms with Gasteiger partial charge >= 0.3 is 12.1 Å². The van der Waals surface area contributed by atoms with Crippen LogP contribution in [0.25, 0.3) is 11.1 Å². The number of benzene rings is 3. The Bertz CT molecular complexity index is 1630. The smallest absolute Gasteiger partial charge is 0.407 e. The quantitative estimate of drug-likeness (QED) is 0.133. The largest absolute Gasteiger partial charge is 0.466 e. The van der Waals surface area contributed by atoms with Gasteiger partial charge in [0.15, 0.2) is 0 Å². The van der Waals surface area contributed by atoms with Crippen molar-refractivity contribution < 1.29 is 28.2 Å². The van der Waals surface area contributed by atoms with E-state index >= 15 is 4.57 Å². The van der Waals surface area contributed by atoms with Gasteiger partial charge in [-0.25, -0.2) is 4.79 Å². The zero-order valence-electron chi connectivity index (χ0n) is 29.7. The summed E-state index contributed by atoms with van der Waals surface area (Å²) in [6.07, 6.45) is 5.80. The Morgan fingerprint density at radius 1 is 0.800 bits per heavy atom. The fraction of sp³-hybridized carbons (Fsp3) is 0.524. The normalized spacial score (nSPS) is 25.7. The van der Waals surface area contributed by atoms with Crippen LogP contribution in [0.4, 0.5) is 4.79 Å². The molecule has 0 radical (unpaired) electrons. The molecule has 4 saturated carbocycles. The highest BCUT2D eigenvalue weighted by atomic mass is 31.2. The highest BCUT2D eigenvalue weighted by molar-refractivity contribution is 7.59. The Kier molecular flexibility index (Phi) is 10.5. The fourth-order valence-corrected chi connectivity index (χ4v) is 12.7. The Morgan fingerprint density at radius 2 is 1.38 bits per heavy atom. The maximum absolute atomic E-state index is 15.8. The molecule has 0 spiro atoms. The first kappa shape index (κ1) is 35.0. The van der Waals surface area contributed by atoms with Gasteiger partial charge < -0.3 is 19.3 Å². The molecule has 50 heavy (non-hydrogen) atoms. The Balaban J connectivity index is 1.18. The minimum absolute atomic E-state index is 0.0218. The summed E-state index contributed by atoms with van der Waals surface area (Å²) in [6.45, 7) is 6.32. The molecule has 266 valence electrons. The van der Waals surface area contributed by atoms with Gasteiger partial charge in [-0.2, -0.15) is 0 Å². The molecule has 3 aromatic rings. The second-order valence-electron chi connectivity index (χ2n) is 15.7. The molecular formula is C42H52NO6P. The van der Waals surface area contributed by atoms with E-state index in [0.717, 1.165) is 65.3 Å². The van der Waals surface area contributed by atoms with E-state index in [1.807, 2.05) is 54.6 Å². The van der Waals surface area contributed by atoms with Gasteiger partial charge in [-0.05, 0) is 103 Å². The molecule has 3 aromatic carbocycles. The Morgan fingerprint density at radius 3 is 1.96 bits per heavy atom. The van der Waals surface area contributed by atoms with Crippen molar-refractivity contribution >= 4 is 19.4 Å². The standard InChI is InChI=1S/C42H52NO6P/c1-4-47-41(44)33(18-27(2)3)26-50(46,49-40-31-20-29-19-30(22-31)23-32(40)21-29)39(24-28-12-6-5-7-13-28)43-42(45)48-25-38-36-16-10-8-14-34(36)35-15-9-11-17-37(35)38/h5-17,27,29-33,38-40H,4,18-26H2,1-3H3,(H,43,45)/t29?,30?,31?,32?,33-,39+,40?,50?/m0/s1. The summed E-state index contributed by atoms with van der Waals surface area (Å²) in [5, 5.41) is 3.08. The van der Waals surface area contributed by atoms with Gasteiger partial charge in [0.1, 0.15) is 12.4 Å². The number of rotatable bonds is 14. The van der Waals surface area contributed by atoms with Crippen molar-refractivity contribution in [1.29, 1.82) is 0 Å². The molecule has 1 amide bonds. The minimum atomic E-state index is -3.73. The first-order chi connectivity index (χ1) is 24.2. The average molecular weight is 698 g/mol. The van der Waals surface area contributed by atoms with E-state index in [1.165, 1.54) is 6.42 Å². The van der Waals surface area contributed by atoms with E-state index in [9.17, 15) is 9.59 Å². The van der Waals surface area contributed by atoms with Gasteiger partial charge in [0.05, 0.1) is 18.6 Å². The lowest BCUT2D eigenvalue weighted by Gasteiger charge is -2.54. The summed E-state index contributed by atoms with van der Waals surface area (Å²) in [7, 11) is -3.73. The first-order valence-corrected chi connectivity index (χ1v) is 20.7. The zero-order valence-corrected chi connectivity index (χ0v) is 30.6. The number of carbonyl (C=O) groups is 2. The minimum Gasteiger partial charge on any atom is -0.466 e. The summed E-state index contributed by atoms with van der Waals surface area (Å²) in [4.78, 5) is 27.3. The Hall–Kier alpha value is -3.41. The predicted octanol–water partition coefficient (Wildman–Crippen LogP) is 9.44. The lowest BCUT2D eigenvalue weighted by molar-refractivity contribution is -0.147. The maximum atomic E-state index is 15.8. The summed E-state index contributed by atoms with van der Waals surface area (Å²) < 4.78 is 34.4. The van der Waals surface area contributed by atoms with Crippen molar-refractivity contribution in [3.05, 3.63) is 95.6 Å². The van der Waals surface area contributed by atoms with Crippen molar-refractivity contribution in [2.45, 2.75) is 83.5 Å². The molecule has 0 heterocycles. The van der Waals surface area contributed by atoms with E-state index in [0.29, 0.717) is 24.7 Å². The highest BCUT2D eigenvalue weighted by Gasteiger charge is 2.52. The molecule has 3 atom stereocenters. The van der Waals surface area contributed by atoms with Gasteiger partial charge in [0.2, 0.25) is 7.37 Å². The molecule has 0 saturated heterocycles. The van der Waals surface area contributed by atoms with E-state index in [2.05, 4.69) is 43.4 Å². The third kappa shape index (κ3) is 7.46. The van der Waals surface area contributed by atoms with Crippen molar-refractivity contribution in [1.82, 2.24) is 5.32 Å². The molecule has 4 bridgehead atoms. The van der Waals surface area contributed by atoms with E-state index < -0.39 is 25.2 Å². The number of fused-ring (bicyclic) bond motifs is 3. The molecule has 8 heteroatoms. The number of alkyl carbamates (subject to hydrolysis) is 1. The molecule has 5 aliphatic carbocycles. The fourth-order valence-electron chi connectivity index (χ4n) is 9.78. The second-order valence-corrected chi connectivity index (χ2v) is 18.3. The lowest BCUT2D eigenvalue weighted by Crippen LogP contribution is -2.50. The number of hydrogen-bond donors (Lipinski definition) is 1. The van der Waals surface area contributed by atoms with Crippen LogP contribution in [0.1, 0.15) is 81.9 Å². The van der Waals surface area contributed by atoms with Gasteiger partial charge in [0.25, 0.3) is 0 Å². The molecule has 7 nitrogen and oxygen atoms in total. The monoisotopic (exact) mass is 697 g/mol. The lowest BCUT2D eigenvalue weighted by atomic mass is 9.55. The molecule has 8 rings (SSSR count). The summed E-state index contributed by atoms with van der Waals surface area (Å²) >= 11 is 0. The van der Waals surface area contributed by atoms with Crippen molar-refractivity contribution in [3.8, 4) is 11.1 Å². The summed E-state index contributed by atoms with van der Waals surface area (Å²) in [5.74, 6) is 0.414. The SMILES string of the molecule is CCOC(=O)[C@@H](CC(C)C)CP(=O)(OC1C2CC3CC(C2)CC1C3)[C@H](Cc1ccccc1)NC(=O)OCC1c2ccccc2-c2ccccc21. The third-order valence-electron chi connectivity index (χ3n) is 11.7. The molecule has 0 aromatic heterocycles. The third-order valence-corrected chi connectivity index (χ3v) is 14.5. The zero-order chi connectivity index (χ0) is 34.8. The predicted molar refractivity (Wildman–Crippen MR) is 196 cm³/mol. The van der Waals surface area contributed by atoms with Crippen LogP contribution in [-0.4, -0.2) is 43.3 Å². The summed E-state index contributed by atoms with van der Waals surface area (Å²) in [5.41, 5.74) is 5.50. The average Bonchev–Trinajstić information content (AvgIpc) is 3.42. The number of nitrogens with one attached hydrogen (secondary N) is 1. The number of hydrogen-bond acceptors (Lipinski definition) is 6. The van der Waals surface area contributed by atoms with Crippen LogP contribution in [0.15, 0.2) is 78.9 Å². The Labute approximate surface area is 297 Å². The van der Waals surface area contributed by atoms with Gasteiger partial charge in [-0.1, -0.05) is 92.7 Å². The van der Waals surface area contributed by atoms with Crippen LogP contribution in [0, 0.1) is 35.5 Å². The number of carbonyl (C=O) groups excluding carboxylic acids is 2. The molecule has 1 N–H and O–H groups in total. The first-order valence-electron chi connectivity index (χ1n) is 18.8. The maximum Gasteiger partial charge on any atom is 0.407 e. The van der Waals surface area contributed by atoms with Crippen LogP contribution < -0.4 is 5.32 Å². The van der Waals surface area contributed by atoms with Gasteiger partial charge in [-0.15, -0.1) is 0 Å². The van der Waals surface area contributed by atoms with Gasteiger partial charge in [-0.3, -0.25) is 9.36 Å². The van der Waals surface area contributed by atoms with Crippen molar-refractivity contribution in [2.75, 3.05) is 19.4 Å². The van der Waals surface area contributed by atoms with Crippen LogP contribution in [-0.2, 0) is 29.8 Å². The van der Waals surface area contributed by atoms with E-state index in [1.54, 1.807) is 6.92 Å². The summed E-state index contributed by atoms with van der Waals surface area (Å²) in [6, 6.07) is 26.3. The topological polar surface area (TPSA) is 90.9 Å². The molecule has 1 unspecified atom stereocenters. The van der Waals surface area contributed by atoms with Crippen LogP contribution in [0.5, 0.6) is 0 Å². The van der Waals surface area contributed by atoms with Crippen LogP contribution >= 0.6 is 7.37 Å².